The molecule has 2 aliphatic rings. The molecule has 176 valence electrons. The third kappa shape index (κ3) is 4.46. The van der Waals surface area contributed by atoms with Crippen LogP contribution in [0.5, 0.6) is 0 Å². The molecule has 1 fully saturated rings. The number of fused-ring (bicyclic) bond motifs is 1. The number of amides is 2. The highest BCUT2D eigenvalue weighted by atomic mass is 35.5. The molecular weight excluding hydrogens is 473 g/mol. The molecule has 9 heteroatoms. The maximum atomic E-state index is 15.2. The number of rotatable bonds is 5. The second kappa shape index (κ2) is 8.85. The lowest BCUT2D eigenvalue weighted by atomic mass is 9.86. The molecule has 33 heavy (non-hydrogen) atoms. The Kier molecular flexibility index (Phi) is 6.42. The Balaban J connectivity index is 1.57. The average molecular weight is 497 g/mol. The summed E-state index contributed by atoms with van der Waals surface area (Å²) in [6.45, 7) is 4.10. The lowest BCUT2D eigenvalue weighted by Crippen LogP contribution is -2.62. The molecule has 2 aromatic carbocycles. The number of benzene rings is 2. The minimum Gasteiger partial charge on any atom is -0.376 e. The summed E-state index contributed by atoms with van der Waals surface area (Å²) in [6, 6.07) is 9.10. The second-order valence-electron chi connectivity index (χ2n) is 8.85. The lowest BCUT2D eigenvalue weighted by Gasteiger charge is -2.40. The van der Waals surface area contributed by atoms with E-state index in [-0.39, 0.29) is 44.1 Å². The van der Waals surface area contributed by atoms with Crippen LogP contribution in [0.4, 0.5) is 8.78 Å². The Hall–Kier alpha value is -2.22. The number of hydrogen-bond donors (Lipinski definition) is 1. The van der Waals surface area contributed by atoms with Crippen molar-refractivity contribution in [3.63, 3.8) is 0 Å². The van der Waals surface area contributed by atoms with Crippen LogP contribution in [0, 0.1) is 0 Å². The average Bonchev–Trinajstić information content (AvgIpc) is 2.75. The summed E-state index contributed by atoms with van der Waals surface area (Å²) < 4.78 is 35.5. The van der Waals surface area contributed by atoms with Gasteiger partial charge in [0.05, 0.1) is 31.2 Å². The van der Waals surface area contributed by atoms with Crippen LogP contribution in [0.1, 0.15) is 42.1 Å². The third-order valence-electron chi connectivity index (χ3n) is 6.32. The Morgan fingerprint density at radius 3 is 2.42 bits per heavy atom. The minimum absolute atomic E-state index is 0.0110. The molecule has 1 saturated heterocycles. The van der Waals surface area contributed by atoms with Gasteiger partial charge >= 0.3 is 5.92 Å². The molecule has 0 bridgehead atoms. The smallest absolute Gasteiger partial charge is 0.350 e. The van der Waals surface area contributed by atoms with Crippen LogP contribution in [0.25, 0.3) is 0 Å². The fraction of sp³-hybridized carbons (Fsp3) is 0.417. The van der Waals surface area contributed by atoms with E-state index in [0.717, 1.165) is 0 Å². The fourth-order valence-corrected chi connectivity index (χ4v) is 4.94. The Bertz CT molecular complexity index is 1080. The van der Waals surface area contributed by atoms with Crippen molar-refractivity contribution in [2.45, 2.75) is 44.2 Å². The van der Waals surface area contributed by atoms with E-state index in [2.05, 4.69) is 5.32 Å². The van der Waals surface area contributed by atoms with Gasteiger partial charge in [-0.2, -0.15) is 8.78 Å². The molecule has 0 unspecified atom stereocenters. The van der Waals surface area contributed by atoms with Crippen LogP contribution >= 0.6 is 23.2 Å². The summed E-state index contributed by atoms with van der Waals surface area (Å²) in [7, 11) is 0. The summed E-state index contributed by atoms with van der Waals surface area (Å²) in [5, 5.41) is 3.22. The summed E-state index contributed by atoms with van der Waals surface area (Å²) in [5.74, 6) is -5.25. The highest BCUT2D eigenvalue weighted by Crippen LogP contribution is 2.39. The van der Waals surface area contributed by atoms with Crippen molar-refractivity contribution in [1.29, 1.82) is 0 Å². The van der Waals surface area contributed by atoms with Crippen molar-refractivity contribution in [1.82, 2.24) is 10.2 Å². The predicted molar refractivity (Wildman–Crippen MR) is 122 cm³/mol. The topological polar surface area (TPSA) is 58.6 Å². The van der Waals surface area contributed by atoms with Gasteiger partial charge in [0.15, 0.2) is 0 Å². The molecule has 4 rings (SSSR count). The van der Waals surface area contributed by atoms with Crippen molar-refractivity contribution < 1.29 is 23.1 Å². The van der Waals surface area contributed by atoms with Crippen LogP contribution in [0.2, 0.25) is 10.0 Å². The number of carbonyl (C=O) groups excluding carboxylic acids is 2. The molecule has 2 aliphatic heterocycles. The van der Waals surface area contributed by atoms with E-state index < -0.39 is 23.4 Å². The summed E-state index contributed by atoms with van der Waals surface area (Å²) >= 11 is 12.4. The van der Waals surface area contributed by atoms with Gasteiger partial charge in [-0.1, -0.05) is 47.5 Å². The van der Waals surface area contributed by atoms with E-state index in [1.54, 1.807) is 43.0 Å². The van der Waals surface area contributed by atoms with E-state index >= 15 is 8.78 Å². The predicted octanol–water partition coefficient (Wildman–Crippen LogP) is 4.68. The highest BCUT2D eigenvalue weighted by molar-refractivity contribution is 6.36. The molecule has 1 N–H and O–H groups in total. The zero-order valence-corrected chi connectivity index (χ0v) is 19.8. The number of ether oxygens (including phenoxy) is 1. The number of alkyl halides is 2. The second-order valence-corrected chi connectivity index (χ2v) is 9.66. The van der Waals surface area contributed by atoms with Gasteiger partial charge in [0.25, 0.3) is 5.91 Å². The first-order valence-electron chi connectivity index (χ1n) is 10.7. The van der Waals surface area contributed by atoms with E-state index in [0.29, 0.717) is 26.7 Å². The van der Waals surface area contributed by atoms with Crippen molar-refractivity contribution in [3.8, 4) is 0 Å². The van der Waals surface area contributed by atoms with Gasteiger partial charge in [0, 0.05) is 22.2 Å². The number of nitrogens with one attached hydrogen (secondary N) is 1. The van der Waals surface area contributed by atoms with E-state index in [1.807, 2.05) is 0 Å². The molecule has 0 aliphatic carbocycles. The highest BCUT2D eigenvalue weighted by Gasteiger charge is 2.48. The summed E-state index contributed by atoms with van der Waals surface area (Å²) in [6.07, 6.45) is 0.220. The molecule has 0 saturated carbocycles. The maximum absolute atomic E-state index is 15.2. The van der Waals surface area contributed by atoms with Crippen LogP contribution in [-0.4, -0.2) is 42.0 Å². The van der Waals surface area contributed by atoms with Crippen LogP contribution in [0.3, 0.4) is 0 Å². The van der Waals surface area contributed by atoms with Crippen molar-refractivity contribution in [3.05, 3.63) is 68.7 Å². The van der Waals surface area contributed by atoms with Gasteiger partial charge in [0.1, 0.15) is 0 Å². The molecule has 1 atom stereocenters. The van der Waals surface area contributed by atoms with Crippen LogP contribution < -0.4 is 5.32 Å². The standard InChI is InChI=1S/C24H24Cl2F2N2O3/c1-14-15-5-3-6-18(24(27,28)22(32)29-23(2)12-33-13-23)16(15)9-10-30(14)21(31)11-17-19(25)7-4-8-20(17)26/h3-8,14H,9-13H2,1-2H3,(H,29,32)/t14-/m0/s1. The largest absolute Gasteiger partial charge is 0.376 e. The normalized spacial score (nSPS) is 19.5. The number of hydrogen-bond acceptors (Lipinski definition) is 3. The van der Waals surface area contributed by atoms with Crippen LogP contribution in [0.15, 0.2) is 36.4 Å². The molecule has 5 nitrogen and oxygen atoms in total. The number of halogens is 4. The van der Waals surface area contributed by atoms with Gasteiger partial charge in [-0.15, -0.1) is 0 Å². The SMILES string of the molecule is C[C@H]1c2cccc(C(F)(F)C(=O)NC3(C)COC3)c2CCN1C(=O)Cc1c(Cl)cccc1Cl. The molecule has 2 heterocycles. The van der Waals surface area contributed by atoms with Gasteiger partial charge in [-0.3, -0.25) is 9.59 Å². The number of nitrogens with zero attached hydrogens (tertiary/aromatic N) is 1. The number of carbonyl (C=O) groups is 2. The fourth-order valence-electron chi connectivity index (χ4n) is 4.41. The summed E-state index contributed by atoms with van der Waals surface area (Å²) in [4.78, 5) is 27.2. The van der Waals surface area contributed by atoms with Gasteiger partial charge in [-0.05, 0) is 49.1 Å². The first-order chi connectivity index (χ1) is 15.5. The van der Waals surface area contributed by atoms with Gasteiger partial charge < -0.3 is 15.0 Å². The minimum atomic E-state index is -3.71. The van der Waals surface area contributed by atoms with E-state index in [9.17, 15) is 9.59 Å². The quantitative estimate of drug-likeness (QED) is 0.653. The molecule has 0 aromatic heterocycles. The van der Waals surface area contributed by atoms with Crippen molar-refractivity contribution >= 4 is 35.0 Å². The summed E-state index contributed by atoms with van der Waals surface area (Å²) in [5.41, 5.74) is 0.429. The van der Waals surface area contributed by atoms with Gasteiger partial charge in [0.2, 0.25) is 5.91 Å². The Morgan fingerprint density at radius 2 is 1.82 bits per heavy atom. The molecule has 2 aromatic rings. The Labute approximate surface area is 201 Å². The van der Waals surface area contributed by atoms with Gasteiger partial charge in [-0.25, -0.2) is 0 Å². The van der Waals surface area contributed by atoms with E-state index in [4.69, 9.17) is 27.9 Å². The zero-order valence-electron chi connectivity index (χ0n) is 18.3. The Morgan fingerprint density at radius 1 is 1.18 bits per heavy atom. The zero-order chi connectivity index (χ0) is 24.0. The molecule has 0 radical (unpaired) electrons. The molecular formula is C24H24Cl2F2N2O3. The van der Waals surface area contributed by atoms with Crippen LogP contribution in [-0.2, 0) is 33.1 Å². The van der Waals surface area contributed by atoms with Crippen molar-refractivity contribution in [2.75, 3.05) is 19.8 Å². The first-order valence-corrected chi connectivity index (χ1v) is 11.4. The van der Waals surface area contributed by atoms with E-state index in [1.165, 1.54) is 12.1 Å². The molecule has 2 amide bonds. The lowest BCUT2D eigenvalue weighted by molar-refractivity contribution is -0.156. The first kappa shape index (κ1) is 23.9. The molecule has 0 spiro atoms. The monoisotopic (exact) mass is 496 g/mol. The van der Waals surface area contributed by atoms with Crippen molar-refractivity contribution in [2.24, 2.45) is 0 Å². The maximum Gasteiger partial charge on any atom is 0.350 e. The third-order valence-corrected chi connectivity index (χ3v) is 7.03.